The van der Waals surface area contributed by atoms with Crippen LogP contribution in [0.2, 0.25) is 5.02 Å². The van der Waals surface area contributed by atoms with Crippen LogP contribution in [0.5, 0.6) is 5.75 Å². The first-order valence-corrected chi connectivity index (χ1v) is 8.90. The molecule has 2 aromatic rings. The number of likely N-dealkylation sites (N-methyl/N-ethyl adjacent to an activating group) is 1. The molecule has 0 saturated carbocycles. The van der Waals surface area contributed by atoms with E-state index in [9.17, 15) is 4.79 Å². The van der Waals surface area contributed by atoms with Gasteiger partial charge in [0.2, 0.25) is 0 Å². The fraction of sp³-hybridized carbons (Fsp3) is 0.421. The quantitative estimate of drug-likeness (QED) is 0.733. The highest BCUT2D eigenvalue weighted by atomic mass is 35.5. The van der Waals surface area contributed by atoms with Crippen LogP contribution in [0.1, 0.15) is 35.7 Å². The van der Waals surface area contributed by atoms with E-state index in [1.807, 2.05) is 19.1 Å². The minimum Gasteiger partial charge on any atom is -0.484 e. The minimum atomic E-state index is -0.215. The van der Waals surface area contributed by atoms with Gasteiger partial charge < -0.3 is 19.4 Å². The number of amides is 1. The van der Waals surface area contributed by atoms with Gasteiger partial charge in [0.15, 0.2) is 5.76 Å². The molecule has 25 heavy (non-hydrogen) atoms. The summed E-state index contributed by atoms with van der Waals surface area (Å²) in [4.78, 5) is 14.4. The van der Waals surface area contributed by atoms with Crippen molar-refractivity contribution in [3.05, 3.63) is 52.4 Å². The Morgan fingerprint density at radius 3 is 2.68 bits per heavy atom. The largest absolute Gasteiger partial charge is 0.484 e. The summed E-state index contributed by atoms with van der Waals surface area (Å²) in [6, 6.07) is 8.98. The lowest BCUT2D eigenvalue weighted by Crippen LogP contribution is -2.34. The van der Waals surface area contributed by atoms with E-state index < -0.39 is 0 Å². The Labute approximate surface area is 153 Å². The predicted octanol–water partition coefficient (Wildman–Crippen LogP) is 3.89. The lowest BCUT2D eigenvalue weighted by molar-refractivity contribution is 0.0917. The van der Waals surface area contributed by atoms with Gasteiger partial charge in [-0.3, -0.25) is 4.79 Å². The molecule has 2 rings (SSSR count). The summed E-state index contributed by atoms with van der Waals surface area (Å²) < 4.78 is 11.3. The van der Waals surface area contributed by atoms with Crippen LogP contribution >= 0.6 is 11.6 Å². The van der Waals surface area contributed by atoms with E-state index in [2.05, 4.69) is 24.1 Å². The van der Waals surface area contributed by atoms with Crippen molar-refractivity contribution in [3.63, 3.8) is 0 Å². The predicted molar refractivity (Wildman–Crippen MR) is 99.4 cm³/mol. The molecule has 0 unspecified atom stereocenters. The normalized spacial score (nSPS) is 10.9. The van der Waals surface area contributed by atoms with Crippen molar-refractivity contribution in [2.75, 3.05) is 26.2 Å². The van der Waals surface area contributed by atoms with Crippen LogP contribution in [-0.2, 0) is 6.61 Å². The summed E-state index contributed by atoms with van der Waals surface area (Å²) in [5.41, 5.74) is 0.952. The maximum atomic E-state index is 12.1. The second kappa shape index (κ2) is 9.49. The fourth-order valence-electron chi connectivity index (χ4n) is 2.47. The van der Waals surface area contributed by atoms with Crippen LogP contribution < -0.4 is 10.1 Å². The average Bonchev–Trinajstić information content (AvgIpc) is 3.07. The smallest absolute Gasteiger partial charge is 0.287 e. The first kappa shape index (κ1) is 19.3. The van der Waals surface area contributed by atoms with Gasteiger partial charge in [0.05, 0.1) is 5.02 Å². The molecular weight excluding hydrogens is 340 g/mol. The lowest BCUT2D eigenvalue weighted by Gasteiger charge is -2.17. The van der Waals surface area contributed by atoms with Crippen LogP contribution in [-0.4, -0.2) is 37.0 Å². The number of para-hydroxylation sites is 1. The maximum Gasteiger partial charge on any atom is 0.287 e. The highest BCUT2D eigenvalue weighted by molar-refractivity contribution is 6.32. The highest BCUT2D eigenvalue weighted by Crippen LogP contribution is 2.28. The molecule has 1 heterocycles. The molecule has 0 fully saturated rings. The third-order valence-corrected chi connectivity index (χ3v) is 4.31. The molecule has 6 heteroatoms. The minimum absolute atomic E-state index is 0.215. The van der Waals surface area contributed by atoms with Crippen LogP contribution in [0.15, 0.2) is 34.7 Å². The number of benzene rings is 1. The number of carbonyl (C=O) groups excluding carboxylic acids is 1. The Hall–Kier alpha value is -1.98. The zero-order chi connectivity index (χ0) is 18.2. The first-order chi connectivity index (χ1) is 12.0. The molecule has 5 nitrogen and oxygen atoms in total. The molecule has 0 spiro atoms. The van der Waals surface area contributed by atoms with Crippen LogP contribution in [0.3, 0.4) is 0 Å². The van der Waals surface area contributed by atoms with Gasteiger partial charge in [0, 0.05) is 13.1 Å². The van der Waals surface area contributed by atoms with Gasteiger partial charge in [0.1, 0.15) is 18.1 Å². The van der Waals surface area contributed by atoms with Crippen molar-refractivity contribution >= 4 is 17.5 Å². The van der Waals surface area contributed by atoms with E-state index >= 15 is 0 Å². The number of nitrogens with zero attached hydrogens (tertiary/aromatic N) is 1. The molecule has 1 N–H and O–H groups in total. The first-order valence-electron chi connectivity index (χ1n) is 8.52. The van der Waals surface area contributed by atoms with Gasteiger partial charge in [-0.1, -0.05) is 37.6 Å². The van der Waals surface area contributed by atoms with E-state index in [1.54, 1.807) is 18.2 Å². The number of furan rings is 1. The number of hydrogen-bond acceptors (Lipinski definition) is 4. The summed E-state index contributed by atoms with van der Waals surface area (Å²) in [5.74, 6) is 1.28. The summed E-state index contributed by atoms with van der Waals surface area (Å²) >= 11 is 6.13. The SMILES string of the molecule is CCN(CC)CCNC(=O)c1ccc(COc2c(C)cccc2Cl)o1. The Bertz CT molecular complexity index is 675. The fourth-order valence-corrected chi connectivity index (χ4v) is 2.75. The Kier molecular flexibility index (Phi) is 7.34. The van der Waals surface area contributed by atoms with Crippen molar-refractivity contribution in [3.8, 4) is 5.75 Å². The average molecular weight is 365 g/mol. The van der Waals surface area contributed by atoms with Crippen molar-refractivity contribution in [2.24, 2.45) is 0 Å². The second-order valence-corrected chi connectivity index (χ2v) is 6.13. The van der Waals surface area contributed by atoms with Gasteiger partial charge in [-0.2, -0.15) is 0 Å². The highest BCUT2D eigenvalue weighted by Gasteiger charge is 2.12. The Morgan fingerprint density at radius 2 is 2.00 bits per heavy atom. The number of halogens is 1. The van der Waals surface area contributed by atoms with E-state index in [0.29, 0.717) is 23.1 Å². The monoisotopic (exact) mass is 364 g/mol. The molecular formula is C19H25ClN2O3. The van der Waals surface area contributed by atoms with Crippen LogP contribution in [0.25, 0.3) is 0 Å². The number of rotatable bonds is 9. The summed E-state index contributed by atoms with van der Waals surface area (Å²) in [6.07, 6.45) is 0. The maximum absolute atomic E-state index is 12.1. The van der Waals surface area contributed by atoms with E-state index in [-0.39, 0.29) is 18.3 Å². The number of aryl methyl sites for hydroxylation is 1. The van der Waals surface area contributed by atoms with E-state index in [1.165, 1.54) is 0 Å². The van der Waals surface area contributed by atoms with Gasteiger partial charge in [-0.15, -0.1) is 0 Å². The van der Waals surface area contributed by atoms with Crippen LogP contribution in [0.4, 0.5) is 0 Å². The van der Waals surface area contributed by atoms with E-state index in [0.717, 1.165) is 25.2 Å². The molecule has 0 atom stereocenters. The lowest BCUT2D eigenvalue weighted by atomic mass is 10.2. The summed E-state index contributed by atoms with van der Waals surface area (Å²) in [7, 11) is 0. The number of ether oxygens (including phenoxy) is 1. The Balaban J connectivity index is 1.86. The third-order valence-electron chi connectivity index (χ3n) is 4.02. The standard InChI is InChI=1S/C19H25ClN2O3/c1-4-22(5-2)12-11-21-19(23)17-10-9-15(25-17)13-24-18-14(3)7-6-8-16(18)20/h6-10H,4-5,11-13H2,1-3H3,(H,21,23). The summed E-state index contributed by atoms with van der Waals surface area (Å²) in [5, 5.41) is 3.42. The molecule has 136 valence electrons. The molecule has 0 aliphatic carbocycles. The van der Waals surface area contributed by atoms with Gasteiger partial charge in [-0.05, 0) is 43.8 Å². The van der Waals surface area contributed by atoms with Crippen molar-refractivity contribution in [2.45, 2.75) is 27.4 Å². The molecule has 1 aromatic carbocycles. The molecule has 0 saturated heterocycles. The second-order valence-electron chi connectivity index (χ2n) is 5.72. The molecule has 0 bridgehead atoms. The summed E-state index contributed by atoms with van der Waals surface area (Å²) in [6.45, 7) is 9.70. The van der Waals surface area contributed by atoms with Gasteiger partial charge in [0.25, 0.3) is 5.91 Å². The third kappa shape index (κ3) is 5.51. The number of hydrogen-bond donors (Lipinski definition) is 1. The topological polar surface area (TPSA) is 54.7 Å². The van der Waals surface area contributed by atoms with Crippen molar-refractivity contribution in [1.82, 2.24) is 10.2 Å². The molecule has 1 aromatic heterocycles. The Morgan fingerprint density at radius 1 is 1.24 bits per heavy atom. The molecule has 1 amide bonds. The number of nitrogens with one attached hydrogen (secondary N) is 1. The molecule has 0 aliphatic heterocycles. The van der Waals surface area contributed by atoms with Gasteiger partial charge in [-0.25, -0.2) is 0 Å². The van der Waals surface area contributed by atoms with Gasteiger partial charge >= 0.3 is 0 Å². The molecule has 0 radical (unpaired) electrons. The van der Waals surface area contributed by atoms with E-state index in [4.69, 9.17) is 20.8 Å². The molecule has 0 aliphatic rings. The number of carbonyl (C=O) groups is 1. The zero-order valence-corrected chi connectivity index (χ0v) is 15.7. The van der Waals surface area contributed by atoms with Crippen molar-refractivity contribution < 1.29 is 13.9 Å². The van der Waals surface area contributed by atoms with Crippen LogP contribution in [0, 0.1) is 6.92 Å². The zero-order valence-electron chi connectivity index (χ0n) is 15.0. The van der Waals surface area contributed by atoms with Crippen molar-refractivity contribution in [1.29, 1.82) is 0 Å².